The molecule has 0 radical (unpaired) electrons. The first-order valence-electron chi connectivity index (χ1n) is 10.0. The summed E-state index contributed by atoms with van der Waals surface area (Å²) in [4.78, 5) is 32.1. The molecular weight excluding hydrogens is 463 g/mol. The van der Waals surface area contributed by atoms with Gasteiger partial charge in [0.05, 0.1) is 15.8 Å². The quantitative estimate of drug-likeness (QED) is 0.222. The van der Waals surface area contributed by atoms with Crippen molar-refractivity contribution in [1.82, 2.24) is 4.98 Å². The molecule has 1 aliphatic rings. The molecule has 5 nitrogen and oxygen atoms in total. The molecule has 0 spiro atoms. The number of fused-ring (bicyclic) bond motifs is 1. The first-order chi connectivity index (χ1) is 15.8. The number of aliphatic hydroxyl groups is 1. The highest BCUT2D eigenvalue weighted by molar-refractivity contribution is 7.22. The largest absolute Gasteiger partial charge is 0.507 e. The van der Waals surface area contributed by atoms with E-state index in [2.05, 4.69) is 4.98 Å². The van der Waals surface area contributed by atoms with Gasteiger partial charge in [0.15, 0.2) is 5.13 Å². The van der Waals surface area contributed by atoms with Crippen molar-refractivity contribution < 1.29 is 19.1 Å². The lowest BCUT2D eigenvalue weighted by Crippen LogP contribution is -2.29. The highest BCUT2D eigenvalue weighted by Gasteiger charge is 2.49. The molecule has 1 atom stereocenters. The second kappa shape index (κ2) is 8.10. The SMILES string of the molecule is Cc1ccc2nc(N3C(=O)C(=O)/C(=C(/O)c4ccc(Cl)cc4)C3c3ccccc3F)sc2c1. The molecule has 4 aromatic rings. The number of Topliss-reactive ketones (excluding diaryl/α,β-unsaturated/α-hetero) is 1. The van der Waals surface area contributed by atoms with Gasteiger partial charge in [-0.2, -0.15) is 0 Å². The van der Waals surface area contributed by atoms with Crippen LogP contribution in [0.4, 0.5) is 9.52 Å². The fraction of sp³-hybridized carbons (Fsp3) is 0.0800. The normalized spacial score (nSPS) is 17.8. The number of hydrogen-bond acceptors (Lipinski definition) is 5. The van der Waals surface area contributed by atoms with Crippen molar-refractivity contribution in [2.24, 2.45) is 0 Å². The monoisotopic (exact) mass is 478 g/mol. The van der Waals surface area contributed by atoms with E-state index in [1.165, 1.54) is 46.6 Å². The summed E-state index contributed by atoms with van der Waals surface area (Å²) < 4.78 is 15.8. The van der Waals surface area contributed by atoms with Gasteiger partial charge in [-0.25, -0.2) is 9.37 Å². The lowest BCUT2D eigenvalue weighted by molar-refractivity contribution is -0.132. The van der Waals surface area contributed by atoms with E-state index >= 15 is 0 Å². The Labute approximate surface area is 197 Å². The first-order valence-corrected chi connectivity index (χ1v) is 11.2. The molecule has 1 fully saturated rings. The standard InChI is InChI=1S/C25H16ClFN2O3S/c1-13-6-11-18-19(12-13)33-25(28-18)29-21(16-4-2-3-5-17(16)27)20(23(31)24(29)32)22(30)14-7-9-15(26)10-8-14/h2-12,21,30H,1H3/b22-20+. The Morgan fingerprint density at radius 3 is 2.55 bits per heavy atom. The van der Waals surface area contributed by atoms with Gasteiger partial charge < -0.3 is 5.11 Å². The number of carbonyl (C=O) groups is 2. The Balaban J connectivity index is 1.75. The minimum atomic E-state index is -1.18. The number of ketones is 1. The van der Waals surface area contributed by atoms with Crippen molar-refractivity contribution in [3.05, 3.63) is 99.8 Å². The molecule has 3 aromatic carbocycles. The molecule has 1 N–H and O–H groups in total. The first kappa shape index (κ1) is 21.3. The van der Waals surface area contributed by atoms with E-state index in [1.807, 2.05) is 25.1 Å². The summed E-state index contributed by atoms with van der Waals surface area (Å²) in [5.74, 6) is -2.80. The number of aromatic nitrogens is 1. The number of thiazole rings is 1. The molecule has 0 saturated carbocycles. The van der Waals surface area contributed by atoms with Crippen LogP contribution in [0.2, 0.25) is 5.02 Å². The van der Waals surface area contributed by atoms with Gasteiger partial charge in [-0.1, -0.05) is 47.2 Å². The van der Waals surface area contributed by atoms with Crippen LogP contribution >= 0.6 is 22.9 Å². The third kappa shape index (κ3) is 3.59. The molecular formula is C25H16ClFN2O3S. The van der Waals surface area contributed by atoms with Crippen LogP contribution in [-0.4, -0.2) is 21.8 Å². The van der Waals surface area contributed by atoms with Crippen molar-refractivity contribution in [1.29, 1.82) is 0 Å². The zero-order valence-corrected chi connectivity index (χ0v) is 18.8. The maximum absolute atomic E-state index is 14.9. The number of anilines is 1. The summed E-state index contributed by atoms with van der Waals surface area (Å²) >= 11 is 7.17. The van der Waals surface area contributed by atoms with Crippen LogP contribution in [-0.2, 0) is 9.59 Å². The fourth-order valence-corrected chi connectivity index (χ4v) is 5.12. The van der Waals surface area contributed by atoms with Crippen LogP contribution in [0.25, 0.3) is 16.0 Å². The molecule has 1 unspecified atom stereocenters. The van der Waals surface area contributed by atoms with Crippen LogP contribution in [0.5, 0.6) is 0 Å². The Kier molecular flexibility index (Phi) is 5.23. The van der Waals surface area contributed by atoms with Gasteiger partial charge >= 0.3 is 5.91 Å². The molecule has 0 bridgehead atoms. The van der Waals surface area contributed by atoms with E-state index in [0.717, 1.165) is 10.3 Å². The molecule has 1 aliphatic heterocycles. The van der Waals surface area contributed by atoms with Crippen molar-refractivity contribution in [3.8, 4) is 0 Å². The lowest BCUT2D eigenvalue weighted by atomic mass is 9.95. The van der Waals surface area contributed by atoms with E-state index < -0.39 is 29.3 Å². The number of benzene rings is 3. The predicted molar refractivity (Wildman–Crippen MR) is 127 cm³/mol. The van der Waals surface area contributed by atoms with Crippen molar-refractivity contribution >= 4 is 55.7 Å². The number of carbonyl (C=O) groups excluding carboxylic acids is 2. The van der Waals surface area contributed by atoms with Crippen LogP contribution in [0.1, 0.15) is 22.7 Å². The zero-order chi connectivity index (χ0) is 23.3. The Morgan fingerprint density at radius 1 is 1.09 bits per heavy atom. The van der Waals surface area contributed by atoms with Gasteiger partial charge in [-0.15, -0.1) is 0 Å². The Bertz CT molecular complexity index is 1460. The average molecular weight is 479 g/mol. The summed E-state index contributed by atoms with van der Waals surface area (Å²) in [5.41, 5.74) is 1.85. The van der Waals surface area contributed by atoms with Crippen molar-refractivity contribution in [3.63, 3.8) is 0 Å². The summed E-state index contributed by atoms with van der Waals surface area (Å²) in [6.45, 7) is 1.94. The molecule has 33 heavy (non-hydrogen) atoms. The third-order valence-electron chi connectivity index (χ3n) is 5.50. The van der Waals surface area contributed by atoms with Crippen molar-refractivity contribution in [2.75, 3.05) is 4.90 Å². The summed E-state index contributed by atoms with van der Waals surface area (Å²) in [7, 11) is 0. The fourth-order valence-electron chi connectivity index (χ4n) is 3.91. The number of aryl methyl sites for hydroxylation is 1. The molecule has 8 heteroatoms. The molecule has 2 heterocycles. The van der Waals surface area contributed by atoms with Gasteiger partial charge in [-0.3, -0.25) is 14.5 Å². The van der Waals surface area contributed by atoms with Gasteiger partial charge in [0.25, 0.3) is 5.78 Å². The lowest BCUT2D eigenvalue weighted by Gasteiger charge is -2.23. The van der Waals surface area contributed by atoms with Crippen LogP contribution in [0.15, 0.2) is 72.3 Å². The highest BCUT2D eigenvalue weighted by atomic mass is 35.5. The Hall–Kier alpha value is -3.55. The number of amides is 1. The maximum atomic E-state index is 14.9. The van der Waals surface area contributed by atoms with E-state index in [1.54, 1.807) is 18.2 Å². The van der Waals surface area contributed by atoms with Gasteiger partial charge in [-0.05, 0) is 55.0 Å². The van der Waals surface area contributed by atoms with E-state index in [4.69, 9.17) is 11.6 Å². The third-order valence-corrected chi connectivity index (χ3v) is 6.77. The van der Waals surface area contributed by atoms with Crippen LogP contribution in [0, 0.1) is 12.7 Å². The van der Waals surface area contributed by atoms with E-state index in [9.17, 15) is 19.1 Å². The van der Waals surface area contributed by atoms with Gasteiger partial charge in [0.1, 0.15) is 17.6 Å². The molecule has 5 rings (SSSR count). The average Bonchev–Trinajstić information content (AvgIpc) is 3.32. The second-order valence-electron chi connectivity index (χ2n) is 7.67. The minimum absolute atomic E-state index is 0.0858. The predicted octanol–water partition coefficient (Wildman–Crippen LogP) is 6.02. The minimum Gasteiger partial charge on any atom is -0.507 e. The number of aliphatic hydroxyl groups excluding tert-OH is 1. The smallest absolute Gasteiger partial charge is 0.301 e. The van der Waals surface area contributed by atoms with Gasteiger partial charge in [0, 0.05) is 16.1 Å². The van der Waals surface area contributed by atoms with E-state index in [-0.39, 0.29) is 16.3 Å². The number of nitrogens with zero attached hydrogens (tertiary/aromatic N) is 2. The van der Waals surface area contributed by atoms with Crippen LogP contribution < -0.4 is 4.90 Å². The Morgan fingerprint density at radius 2 is 1.82 bits per heavy atom. The summed E-state index contributed by atoms with van der Waals surface area (Å²) in [6, 6.07) is 16.5. The van der Waals surface area contributed by atoms with E-state index in [0.29, 0.717) is 16.1 Å². The zero-order valence-electron chi connectivity index (χ0n) is 17.3. The molecule has 1 saturated heterocycles. The molecule has 0 aliphatic carbocycles. The molecule has 1 aromatic heterocycles. The number of hydrogen-bond donors (Lipinski definition) is 1. The van der Waals surface area contributed by atoms with Gasteiger partial charge in [0.2, 0.25) is 0 Å². The number of rotatable bonds is 3. The summed E-state index contributed by atoms with van der Waals surface area (Å²) in [6.07, 6.45) is 0. The van der Waals surface area contributed by atoms with Crippen LogP contribution in [0.3, 0.4) is 0 Å². The topological polar surface area (TPSA) is 70.5 Å². The summed E-state index contributed by atoms with van der Waals surface area (Å²) in [5, 5.41) is 11.8. The second-order valence-corrected chi connectivity index (χ2v) is 9.11. The van der Waals surface area contributed by atoms with Crippen molar-refractivity contribution in [2.45, 2.75) is 13.0 Å². The highest BCUT2D eigenvalue weighted by Crippen LogP contribution is 2.45. The molecule has 164 valence electrons. The number of halogens is 2. The maximum Gasteiger partial charge on any atom is 0.301 e. The molecule has 1 amide bonds.